The number of hydrogen-bond acceptors (Lipinski definition) is 4. The molecule has 0 aromatic carbocycles. The largest absolute Gasteiger partial charge is 0.359 e. The molecule has 0 amide bonds. The summed E-state index contributed by atoms with van der Waals surface area (Å²) in [5.74, 6) is 0.746. The van der Waals surface area contributed by atoms with Crippen LogP contribution < -0.4 is 10.6 Å². The van der Waals surface area contributed by atoms with E-state index in [9.17, 15) is 0 Å². The summed E-state index contributed by atoms with van der Waals surface area (Å²) in [6.07, 6.45) is 6.61. The molecule has 0 aliphatic carbocycles. The van der Waals surface area contributed by atoms with Gasteiger partial charge in [0.25, 0.3) is 0 Å². The van der Waals surface area contributed by atoms with Gasteiger partial charge >= 0.3 is 0 Å². The highest BCUT2D eigenvalue weighted by atomic mass is 32.1. The number of pyridine rings is 1. The molecule has 0 saturated carbocycles. The molecule has 0 spiro atoms. The van der Waals surface area contributed by atoms with Crippen molar-refractivity contribution >= 4 is 23.0 Å². The van der Waals surface area contributed by atoms with Gasteiger partial charge in [-0.25, -0.2) is 4.98 Å². The number of anilines is 1. The van der Waals surface area contributed by atoms with Gasteiger partial charge in [0.1, 0.15) is 18.5 Å². The van der Waals surface area contributed by atoms with Crippen LogP contribution in [0.2, 0.25) is 0 Å². The van der Waals surface area contributed by atoms with Gasteiger partial charge in [-0.05, 0) is 24.4 Å². The maximum atomic E-state index is 5.09. The lowest BCUT2D eigenvalue weighted by molar-refractivity contribution is 0.991. The molecule has 0 atom stereocenters. The smallest absolute Gasteiger partial charge is 0.171 e. The first-order valence-electron chi connectivity index (χ1n) is 5.26. The van der Waals surface area contributed by atoms with E-state index in [1.807, 2.05) is 12.1 Å². The number of nitrogens with zero attached hydrogens (tertiary/aromatic N) is 4. The summed E-state index contributed by atoms with van der Waals surface area (Å²) in [7, 11) is 0. The highest BCUT2D eigenvalue weighted by Crippen LogP contribution is 2.08. The monoisotopic (exact) mass is 260 g/mol. The summed E-state index contributed by atoms with van der Waals surface area (Å²) in [5.41, 5.74) is 0.813. The van der Waals surface area contributed by atoms with Crippen LogP contribution in [0.4, 0.5) is 5.69 Å². The Morgan fingerprint density at radius 3 is 2.78 bits per heavy atom. The fourth-order valence-corrected chi connectivity index (χ4v) is 1.47. The van der Waals surface area contributed by atoms with Gasteiger partial charge in [0, 0.05) is 6.54 Å². The number of thiocarbonyl (C=S) groups is 1. The lowest BCUT2D eigenvalue weighted by Crippen LogP contribution is -2.28. The van der Waals surface area contributed by atoms with E-state index >= 15 is 0 Å². The maximum Gasteiger partial charge on any atom is 0.171 e. The molecule has 2 aromatic rings. The fraction of sp³-hybridized carbons (Fsp3) is 0.0909. The zero-order valence-corrected chi connectivity index (χ0v) is 10.4. The Morgan fingerprint density at radius 1 is 1.39 bits per heavy atom. The number of aromatic nitrogens is 4. The molecule has 7 heteroatoms. The van der Waals surface area contributed by atoms with Crippen molar-refractivity contribution in [2.75, 3.05) is 11.9 Å². The van der Waals surface area contributed by atoms with Gasteiger partial charge in [-0.15, -0.1) is 16.8 Å². The van der Waals surface area contributed by atoms with Crippen LogP contribution in [0, 0.1) is 0 Å². The Labute approximate surface area is 110 Å². The molecule has 2 heterocycles. The first kappa shape index (κ1) is 12.2. The van der Waals surface area contributed by atoms with Crippen molar-refractivity contribution in [1.82, 2.24) is 25.1 Å². The first-order valence-corrected chi connectivity index (χ1v) is 5.67. The molecular weight excluding hydrogens is 248 g/mol. The van der Waals surface area contributed by atoms with Gasteiger partial charge in [0.05, 0.1) is 11.9 Å². The van der Waals surface area contributed by atoms with Crippen molar-refractivity contribution < 1.29 is 0 Å². The van der Waals surface area contributed by atoms with E-state index < -0.39 is 0 Å². The molecule has 18 heavy (non-hydrogen) atoms. The molecule has 0 unspecified atom stereocenters. The van der Waals surface area contributed by atoms with Crippen LogP contribution in [-0.4, -0.2) is 31.4 Å². The van der Waals surface area contributed by atoms with Crippen molar-refractivity contribution in [3.05, 3.63) is 43.6 Å². The molecule has 0 fully saturated rings. The van der Waals surface area contributed by atoms with E-state index in [4.69, 9.17) is 12.2 Å². The van der Waals surface area contributed by atoms with Crippen molar-refractivity contribution in [2.45, 2.75) is 0 Å². The highest BCUT2D eigenvalue weighted by Gasteiger charge is 1.99. The summed E-state index contributed by atoms with van der Waals surface area (Å²) >= 11 is 5.09. The second-order valence-corrected chi connectivity index (χ2v) is 3.81. The lowest BCUT2D eigenvalue weighted by Gasteiger charge is -2.08. The predicted molar refractivity (Wildman–Crippen MR) is 73.6 cm³/mol. The van der Waals surface area contributed by atoms with Crippen LogP contribution in [0.3, 0.4) is 0 Å². The van der Waals surface area contributed by atoms with Crippen molar-refractivity contribution in [3.8, 4) is 5.82 Å². The van der Waals surface area contributed by atoms with Gasteiger partial charge in [-0.1, -0.05) is 6.08 Å². The minimum absolute atomic E-state index is 0.536. The molecule has 0 saturated heterocycles. The van der Waals surface area contributed by atoms with Gasteiger partial charge in [0.15, 0.2) is 5.11 Å². The predicted octanol–water partition coefficient (Wildman–Crippen LogP) is 1.13. The average Bonchev–Trinajstić information content (AvgIpc) is 2.91. The summed E-state index contributed by atoms with van der Waals surface area (Å²) in [5, 5.41) is 14.0. The normalized spacial score (nSPS) is 9.78. The van der Waals surface area contributed by atoms with E-state index in [-0.39, 0.29) is 0 Å². The van der Waals surface area contributed by atoms with Gasteiger partial charge in [-0.2, -0.15) is 0 Å². The summed E-state index contributed by atoms with van der Waals surface area (Å²) in [6, 6.07) is 3.73. The molecular formula is C11H12N6S. The zero-order valence-electron chi connectivity index (χ0n) is 9.58. The fourth-order valence-electron chi connectivity index (χ4n) is 1.27. The molecule has 0 radical (unpaired) electrons. The Hall–Kier alpha value is -2.28. The van der Waals surface area contributed by atoms with Crippen molar-refractivity contribution in [1.29, 1.82) is 0 Å². The van der Waals surface area contributed by atoms with Crippen molar-refractivity contribution in [3.63, 3.8) is 0 Å². The molecule has 0 aliphatic rings. The molecule has 2 N–H and O–H groups in total. The summed E-state index contributed by atoms with van der Waals surface area (Å²) < 4.78 is 1.72. The highest BCUT2D eigenvalue weighted by molar-refractivity contribution is 7.80. The number of rotatable bonds is 4. The van der Waals surface area contributed by atoms with Crippen molar-refractivity contribution in [2.24, 2.45) is 0 Å². The molecule has 92 valence electrons. The maximum absolute atomic E-state index is 5.09. The Kier molecular flexibility index (Phi) is 3.98. The second-order valence-electron chi connectivity index (χ2n) is 3.40. The Balaban J connectivity index is 2.00. The molecule has 2 aromatic heterocycles. The van der Waals surface area contributed by atoms with Crippen LogP contribution in [-0.2, 0) is 0 Å². The molecule has 2 rings (SSSR count). The molecule has 0 bridgehead atoms. The molecule has 0 aliphatic heterocycles. The topological polar surface area (TPSA) is 67.7 Å². The number of hydrogen-bond donors (Lipinski definition) is 2. The van der Waals surface area contributed by atoms with Gasteiger partial charge in [-0.3, -0.25) is 4.57 Å². The average molecular weight is 260 g/mol. The first-order chi connectivity index (χ1) is 8.79. The zero-order chi connectivity index (χ0) is 12.8. The van der Waals surface area contributed by atoms with E-state index in [0.29, 0.717) is 11.7 Å². The van der Waals surface area contributed by atoms with Crippen LogP contribution in [0.15, 0.2) is 43.6 Å². The quantitative estimate of drug-likeness (QED) is 0.634. The molecule has 6 nitrogen and oxygen atoms in total. The minimum atomic E-state index is 0.536. The number of nitrogens with one attached hydrogen (secondary N) is 2. The van der Waals surface area contributed by atoms with E-state index in [1.54, 1.807) is 29.5 Å². The SMILES string of the molecule is C=CCNC(=S)Nc1ccc(-n2cnnc2)nc1. The van der Waals surface area contributed by atoms with Gasteiger partial charge in [0.2, 0.25) is 0 Å². The minimum Gasteiger partial charge on any atom is -0.359 e. The van der Waals surface area contributed by atoms with Crippen LogP contribution in [0.5, 0.6) is 0 Å². The Bertz CT molecular complexity index is 519. The third-order valence-corrected chi connectivity index (χ3v) is 2.34. The standard InChI is InChI=1S/C11H12N6S/c1-2-5-12-11(18)16-9-3-4-10(13-6-9)17-7-14-15-8-17/h2-4,6-8H,1,5H2,(H2,12,16,18). The summed E-state index contributed by atoms with van der Waals surface area (Å²) in [4.78, 5) is 4.27. The Morgan fingerprint density at radius 2 is 2.17 bits per heavy atom. The third kappa shape index (κ3) is 3.11. The van der Waals surface area contributed by atoms with Crippen LogP contribution >= 0.6 is 12.2 Å². The van der Waals surface area contributed by atoms with Crippen LogP contribution in [0.25, 0.3) is 5.82 Å². The lowest BCUT2D eigenvalue weighted by atomic mass is 10.4. The van der Waals surface area contributed by atoms with Gasteiger partial charge < -0.3 is 10.6 Å². The van der Waals surface area contributed by atoms with E-state index in [2.05, 4.69) is 32.4 Å². The second kappa shape index (κ2) is 5.87. The van der Waals surface area contributed by atoms with Crippen LogP contribution in [0.1, 0.15) is 0 Å². The van der Waals surface area contributed by atoms with E-state index in [0.717, 1.165) is 11.5 Å². The summed E-state index contributed by atoms with van der Waals surface area (Å²) in [6.45, 7) is 4.23. The van der Waals surface area contributed by atoms with E-state index in [1.165, 1.54) is 0 Å². The third-order valence-electron chi connectivity index (χ3n) is 2.10.